The van der Waals surface area contributed by atoms with E-state index in [9.17, 15) is 0 Å². The van der Waals surface area contributed by atoms with Gasteiger partial charge in [0.1, 0.15) is 0 Å². The van der Waals surface area contributed by atoms with Crippen molar-refractivity contribution in [3.63, 3.8) is 0 Å². The van der Waals surface area contributed by atoms with Crippen LogP contribution in [-0.2, 0) is 13.0 Å². The summed E-state index contributed by atoms with van der Waals surface area (Å²) in [6, 6.07) is 10.5. The highest BCUT2D eigenvalue weighted by molar-refractivity contribution is 9.09. The Bertz CT molecular complexity index is 1050. The number of ether oxygens (including phenoxy) is 4. The number of fused-ring (bicyclic) bond motifs is 5. The van der Waals surface area contributed by atoms with E-state index in [0.29, 0.717) is 13.4 Å². The molecule has 138 valence electrons. The van der Waals surface area contributed by atoms with Gasteiger partial charge in [-0.3, -0.25) is 0 Å². The second kappa shape index (κ2) is 6.60. The molecule has 1 aromatic heterocycles. The maximum absolute atomic E-state index is 5.99. The van der Waals surface area contributed by atoms with Crippen LogP contribution in [0.15, 0.2) is 36.5 Å². The monoisotopic (exact) mass is 428 g/mol. The predicted octanol–water partition coefficient (Wildman–Crippen LogP) is 3.86. The van der Waals surface area contributed by atoms with Crippen LogP contribution in [0.4, 0.5) is 0 Å². The fourth-order valence-corrected chi connectivity index (χ4v) is 4.01. The number of hydrogen-bond donors (Lipinski definition) is 0. The lowest BCUT2D eigenvalue weighted by Gasteiger charge is -2.17. The molecule has 3 heterocycles. The molecular formula is C21H19BrNO4+. The second-order valence-electron chi connectivity index (χ2n) is 6.60. The zero-order valence-electron chi connectivity index (χ0n) is 15.0. The Morgan fingerprint density at radius 1 is 1.15 bits per heavy atom. The van der Waals surface area contributed by atoms with Gasteiger partial charge in [-0.2, -0.15) is 4.57 Å². The standard InChI is InChI=1S/C21H19BrNO4/c1-24-18-3-2-13-8-17-15-10-20-19(26-12-27-20)9-14(15)4-6-23(17)11-16(13)21(18)25-7-5-22/h2-3,8-11H,4-7,12H2,1H3/q+1. The summed E-state index contributed by atoms with van der Waals surface area (Å²) in [6.45, 7) is 1.79. The first-order valence-electron chi connectivity index (χ1n) is 8.94. The van der Waals surface area contributed by atoms with Crippen molar-refractivity contribution in [3.8, 4) is 34.3 Å². The van der Waals surface area contributed by atoms with E-state index in [1.165, 1.54) is 16.8 Å². The van der Waals surface area contributed by atoms with Crippen molar-refractivity contribution in [2.24, 2.45) is 0 Å². The first kappa shape index (κ1) is 16.7. The maximum atomic E-state index is 5.99. The van der Waals surface area contributed by atoms with Crippen LogP contribution in [0.2, 0.25) is 0 Å². The van der Waals surface area contributed by atoms with E-state index in [0.717, 1.165) is 52.1 Å². The molecule has 0 radical (unpaired) electrons. The minimum Gasteiger partial charge on any atom is -0.493 e. The first-order chi connectivity index (χ1) is 13.3. The molecule has 2 aromatic carbocycles. The van der Waals surface area contributed by atoms with Crippen LogP contribution in [0.3, 0.4) is 0 Å². The molecule has 5 rings (SSSR count). The molecule has 0 amide bonds. The summed E-state index contributed by atoms with van der Waals surface area (Å²) >= 11 is 3.43. The number of benzene rings is 2. The largest absolute Gasteiger partial charge is 0.493 e. The van der Waals surface area contributed by atoms with Crippen LogP contribution in [-0.4, -0.2) is 25.8 Å². The van der Waals surface area contributed by atoms with Crippen LogP contribution < -0.4 is 23.5 Å². The normalized spacial score (nSPS) is 14.0. The van der Waals surface area contributed by atoms with Crippen molar-refractivity contribution >= 4 is 26.7 Å². The molecule has 0 spiro atoms. The van der Waals surface area contributed by atoms with Crippen molar-refractivity contribution in [2.45, 2.75) is 13.0 Å². The Hall–Kier alpha value is -2.47. The van der Waals surface area contributed by atoms with Gasteiger partial charge in [-0.15, -0.1) is 0 Å². The van der Waals surface area contributed by atoms with E-state index in [1.807, 2.05) is 6.07 Å². The first-order valence-corrected chi connectivity index (χ1v) is 10.1. The number of nitrogens with zero attached hydrogens (tertiary/aromatic N) is 1. The Labute approximate surface area is 165 Å². The Morgan fingerprint density at radius 3 is 2.81 bits per heavy atom. The molecule has 0 aliphatic carbocycles. The lowest BCUT2D eigenvalue weighted by atomic mass is 9.95. The van der Waals surface area contributed by atoms with Crippen molar-refractivity contribution in [1.82, 2.24) is 0 Å². The minimum atomic E-state index is 0.296. The van der Waals surface area contributed by atoms with E-state index < -0.39 is 0 Å². The van der Waals surface area contributed by atoms with Crippen molar-refractivity contribution in [1.29, 1.82) is 0 Å². The highest BCUT2D eigenvalue weighted by atomic mass is 79.9. The molecule has 2 aliphatic heterocycles. The van der Waals surface area contributed by atoms with Gasteiger partial charge in [-0.05, 0) is 35.2 Å². The maximum Gasteiger partial charge on any atom is 0.231 e. The number of hydrogen-bond acceptors (Lipinski definition) is 4. The molecule has 0 saturated carbocycles. The summed E-state index contributed by atoms with van der Waals surface area (Å²) in [7, 11) is 1.67. The molecule has 6 heteroatoms. The second-order valence-corrected chi connectivity index (χ2v) is 7.39. The molecule has 0 fully saturated rings. The lowest BCUT2D eigenvalue weighted by Crippen LogP contribution is -2.40. The van der Waals surface area contributed by atoms with Gasteiger partial charge in [0.15, 0.2) is 35.7 Å². The van der Waals surface area contributed by atoms with E-state index in [1.54, 1.807) is 7.11 Å². The average molecular weight is 429 g/mol. The fraction of sp³-hybridized carbons (Fsp3) is 0.286. The number of halogens is 1. The molecule has 0 atom stereocenters. The van der Waals surface area contributed by atoms with Gasteiger partial charge in [0.05, 0.1) is 24.7 Å². The van der Waals surface area contributed by atoms with Crippen LogP contribution in [0, 0.1) is 0 Å². The SMILES string of the molecule is COc1ccc2cc3[n+](cc2c1OCCBr)CCc1cc2c(cc1-3)OCO2. The van der Waals surface area contributed by atoms with Gasteiger partial charge >= 0.3 is 0 Å². The third kappa shape index (κ3) is 2.70. The number of rotatable bonds is 4. The number of methoxy groups -OCH3 is 1. The van der Waals surface area contributed by atoms with Gasteiger partial charge in [0, 0.05) is 17.8 Å². The highest BCUT2D eigenvalue weighted by Gasteiger charge is 2.28. The van der Waals surface area contributed by atoms with Crippen molar-refractivity contribution in [3.05, 3.63) is 42.1 Å². The van der Waals surface area contributed by atoms with E-state index in [2.05, 4.69) is 51.0 Å². The molecule has 3 aromatic rings. The van der Waals surface area contributed by atoms with Crippen LogP contribution in [0.1, 0.15) is 5.56 Å². The number of aromatic nitrogens is 1. The number of pyridine rings is 1. The summed E-state index contributed by atoms with van der Waals surface area (Å²) in [5, 5.41) is 2.95. The summed E-state index contributed by atoms with van der Waals surface area (Å²) in [5.41, 5.74) is 3.67. The zero-order chi connectivity index (χ0) is 18.4. The molecule has 0 N–H and O–H groups in total. The van der Waals surface area contributed by atoms with Gasteiger partial charge in [0.25, 0.3) is 0 Å². The smallest absolute Gasteiger partial charge is 0.231 e. The van der Waals surface area contributed by atoms with Gasteiger partial charge in [-0.25, -0.2) is 0 Å². The molecule has 0 saturated heterocycles. The quantitative estimate of drug-likeness (QED) is 0.467. The Morgan fingerprint density at radius 2 is 2.00 bits per heavy atom. The van der Waals surface area contributed by atoms with E-state index >= 15 is 0 Å². The topological polar surface area (TPSA) is 40.8 Å². The van der Waals surface area contributed by atoms with Gasteiger partial charge in [0.2, 0.25) is 12.5 Å². The third-order valence-electron chi connectivity index (χ3n) is 5.12. The van der Waals surface area contributed by atoms with E-state index in [-0.39, 0.29) is 0 Å². The Kier molecular flexibility index (Phi) is 4.08. The summed E-state index contributed by atoms with van der Waals surface area (Å²) in [5.74, 6) is 3.21. The predicted molar refractivity (Wildman–Crippen MR) is 105 cm³/mol. The molecule has 0 unspecified atom stereocenters. The zero-order valence-corrected chi connectivity index (χ0v) is 16.5. The van der Waals surface area contributed by atoms with Crippen LogP contribution in [0.25, 0.3) is 22.0 Å². The number of aryl methyl sites for hydroxylation is 2. The fourth-order valence-electron chi connectivity index (χ4n) is 3.85. The molecule has 5 nitrogen and oxygen atoms in total. The van der Waals surface area contributed by atoms with Crippen LogP contribution in [0.5, 0.6) is 23.0 Å². The Balaban J connectivity index is 1.69. The van der Waals surface area contributed by atoms with Gasteiger partial charge in [-0.1, -0.05) is 15.9 Å². The summed E-state index contributed by atoms with van der Waals surface area (Å²) < 4.78 is 24.9. The third-order valence-corrected chi connectivity index (χ3v) is 5.44. The minimum absolute atomic E-state index is 0.296. The average Bonchev–Trinajstić information content (AvgIpc) is 3.16. The molecule has 27 heavy (non-hydrogen) atoms. The lowest BCUT2D eigenvalue weighted by molar-refractivity contribution is -0.686. The van der Waals surface area contributed by atoms with Crippen molar-refractivity contribution < 1.29 is 23.5 Å². The van der Waals surface area contributed by atoms with Gasteiger partial charge < -0.3 is 18.9 Å². The molecule has 2 aliphatic rings. The van der Waals surface area contributed by atoms with E-state index in [4.69, 9.17) is 18.9 Å². The molecule has 0 bridgehead atoms. The highest BCUT2D eigenvalue weighted by Crippen LogP contribution is 2.41. The van der Waals surface area contributed by atoms with Crippen LogP contribution >= 0.6 is 15.9 Å². The number of alkyl halides is 1. The summed E-state index contributed by atoms with van der Waals surface area (Å²) in [4.78, 5) is 0. The van der Waals surface area contributed by atoms with Crippen molar-refractivity contribution in [2.75, 3.05) is 25.8 Å². The molecular weight excluding hydrogens is 410 g/mol. The summed E-state index contributed by atoms with van der Waals surface area (Å²) in [6.07, 6.45) is 3.13.